The number of ketones is 1. The molecule has 0 radical (unpaired) electrons. The van der Waals surface area contributed by atoms with E-state index in [-0.39, 0.29) is 17.6 Å². The first kappa shape index (κ1) is 18.4. The van der Waals surface area contributed by atoms with Crippen molar-refractivity contribution in [3.63, 3.8) is 0 Å². The molecule has 3 aromatic heterocycles. The minimum absolute atomic E-state index is 0.0123. The molecule has 0 aromatic carbocycles. The molecule has 1 saturated heterocycles. The molecule has 1 aliphatic rings. The molecule has 1 N–H and O–H groups in total. The second-order valence-corrected chi connectivity index (χ2v) is 7.48. The fourth-order valence-electron chi connectivity index (χ4n) is 3.22. The summed E-state index contributed by atoms with van der Waals surface area (Å²) < 4.78 is 5.71. The standard InChI is InChI=1S/C19H19N5O3S/c25-17(15-5-1-2-8-20-15)13-4-3-9-24(10-13)18(26)16-7-6-14(27-16)11-28-19-21-12-22-23-19/h1-2,5-8,12-13H,3-4,9-11H2,(H,21,22,23). The van der Waals surface area contributed by atoms with Gasteiger partial charge in [-0.05, 0) is 37.1 Å². The number of carbonyl (C=O) groups excluding carboxylic acids is 2. The number of amides is 1. The molecule has 28 heavy (non-hydrogen) atoms. The van der Waals surface area contributed by atoms with Crippen LogP contribution in [0.2, 0.25) is 0 Å². The van der Waals surface area contributed by atoms with Crippen LogP contribution in [-0.2, 0) is 5.75 Å². The molecule has 0 saturated carbocycles. The summed E-state index contributed by atoms with van der Waals surface area (Å²) in [4.78, 5) is 35.4. The lowest BCUT2D eigenvalue weighted by molar-refractivity contribution is 0.0608. The van der Waals surface area contributed by atoms with Gasteiger partial charge in [0.15, 0.2) is 16.7 Å². The zero-order valence-corrected chi connectivity index (χ0v) is 15.9. The number of carbonyl (C=O) groups is 2. The Bertz CT molecular complexity index is 942. The third-order valence-corrected chi connectivity index (χ3v) is 5.51. The number of rotatable bonds is 6. The summed E-state index contributed by atoms with van der Waals surface area (Å²) in [6.45, 7) is 1.00. The molecule has 1 unspecified atom stereocenters. The van der Waals surface area contributed by atoms with Gasteiger partial charge in [-0.15, -0.1) is 0 Å². The quantitative estimate of drug-likeness (QED) is 0.504. The van der Waals surface area contributed by atoms with Gasteiger partial charge in [0.05, 0.1) is 5.75 Å². The van der Waals surface area contributed by atoms with Crippen molar-refractivity contribution >= 4 is 23.5 Å². The van der Waals surface area contributed by atoms with Gasteiger partial charge in [-0.2, -0.15) is 5.10 Å². The van der Waals surface area contributed by atoms with Gasteiger partial charge >= 0.3 is 0 Å². The van der Waals surface area contributed by atoms with E-state index in [0.717, 1.165) is 12.8 Å². The Balaban J connectivity index is 1.38. The van der Waals surface area contributed by atoms with Crippen LogP contribution in [0.4, 0.5) is 0 Å². The second-order valence-electron chi connectivity index (χ2n) is 6.51. The lowest BCUT2D eigenvalue weighted by atomic mass is 9.92. The Morgan fingerprint density at radius 2 is 2.18 bits per heavy atom. The summed E-state index contributed by atoms with van der Waals surface area (Å²) in [6, 6.07) is 8.77. The largest absolute Gasteiger partial charge is 0.455 e. The normalized spacial score (nSPS) is 16.9. The fraction of sp³-hybridized carbons (Fsp3) is 0.316. The van der Waals surface area contributed by atoms with Gasteiger partial charge in [0.25, 0.3) is 5.91 Å². The van der Waals surface area contributed by atoms with Gasteiger partial charge in [-0.3, -0.25) is 19.7 Å². The number of H-pyrrole nitrogens is 1. The van der Waals surface area contributed by atoms with Crippen molar-refractivity contribution in [1.82, 2.24) is 25.1 Å². The van der Waals surface area contributed by atoms with Crippen LogP contribution in [0.1, 0.15) is 39.6 Å². The van der Waals surface area contributed by atoms with E-state index < -0.39 is 0 Å². The number of thioether (sulfide) groups is 1. The number of pyridine rings is 1. The average molecular weight is 397 g/mol. The van der Waals surface area contributed by atoms with Gasteiger partial charge in [0.1, 0.15) is 17.8 Å². The molecule has 3 aromatic rings. The predicted molar refractivity (Wildman–Crippen MR) is 102 cm³/mol. The van der Waals surface area contributed by atoms with E-state index in [1.165, 1.54) is 18.1 Å². The molecule has 4 heterocycles. The highest BCUT2D eigenvalue weighted by molar-refractivity contribution is 7.98. The summed E-state index contributed by atoms with van der Waals surface area (Å²) in [5, 5.41) is 7.25. The van der Waals surface area contributed by atoms with Gasteiger partial charge in [-0.1, -0.05) is 17.8 Å². The molecule has 0 spiro atoms. The summed E-state index contributed by atoms with van der Waals surface area (Å²) in [7, 11) is 0. The van der Waals surface area contributed by atoms with Crippen LogP contribution < -0.4 is 0 Å². The van der Waals surface area contributed by atoms with Crippen molar-refractivity contribution in [3.8, 4) is 0 Å². The summed E-state index contributed by atoms with van der Waals surface area (Å²) in [5.41, 5.74) is 0.450. The van der Waals surface area contributed by atoms with E-state index >= 15 is 0 Å². The van der Waals surface area contributed by atoms with Crippen molar-refractivity contribution in [2.24, 2.45) is 5.92 Å². The first-order chi connectivity index (χ1) is 13.7. The Kier molecular flexibility index (Phi) is 5.52. The van der Waals surface area contributed by atoms with Crippen LogP contribution in [0.25, 0.3) is 0 Å². The molecule has 0 bridgehead atoms. The molecule has 1 aliphatic heterocycles. The van der Waals surface area contributed by atoms with Crippen molar-refractivity contribution < 1.29 is 14.0 Å². The second kappa shape index (κ2) is 8.39. The molecule has 1 fully saturated rings. The molecule has 9 heteroatoms. The number of furan rings is 1. The first-order valence-corrected chi connectivity index (χ1v) is 10.0. The molecule has 4 rings (SSSR count). The third kappa shape index (κ3) is 4.14. The molecule has 1 amide bonds. The number of nitrogens with zero attached hydrogens (tertiary/aromatic N) is 4. The maximum Gasteiger partial charge on any atom is 0.289 e. The van der Waals surface area contributed by atoms with Crippen LogP contribution in [0.5, 0.6) is 0 Å². The highest BCUT2D eigenvalue weighted by atomic mass is 32.2. The van der Waals surface area contributed by atoms with Crippen molar-refractivity contribution in [1.29, 1.82) is 0 Å². The van der Waals surface area contributed by atoms with E-state index in [1.807, 2.05) is 0 Å². The van der Waals surface area contributed by atoms with E-state index in [4.69, 9.17) is 4.42 Å². The molecule has 8 nitrogen and oxygen atoms in total. The molecule has 0 aliphatic carbocycles. The Hall–Kier alpha value is -2.94. The highest BCUT2D eigenvalue weighted by Crippen LogP contribution is 2.24. The van der Waals surface area contributed by atoms with Crippen molar-refractivity contribution in [2.75, 3.05) is 13.1 Å². The number of Topliss-reactive ketones (excluding diaryl/α,β-unsaturated/α-hetero) is 1. The minimum Gasteiger partial charge on any atom is -0.455 e. The number of nitrogens with one attached hydrogen (secondary N) is 1. The van der Waals surface area contributed by atoms with Gasteiger partial charge in [-0.25, -0.2) is 4.98 Å². The van der Waals surface area contributed by atoms with Crippen LogP contribution in [0.3, 0.4) is 0 Å². The highest BCUT2D eigenvalue weighted by Gasteiger charge is 2.31. The first-order valence-electron chi connectivity index (χ1n) is 9.02. The lowest BCUT2D eigenvalue weighted by Crippen LogP contribution is -2.42. The Morgan fingerprint density at radius 1 is 1.25 bits per heavy atom. The Labute approximate surface area is 165 Å². The maximum atomic E-state index is 12.8. The van der Waals surface area contributed by atoms with E-state index in [0.29, 0.717) is 41.2 Å². The zero-order valence-electron chi connectivity index (χ0n) is 15.1. The Morgan fingerprint density at radius 3 is 2.96 bits per heavy atom. The molecular formula is C19H19N5O3S. The minimum atomic E-state index is -0.232. The topological polar surface area (TPSA) is 105 Å². The number of aromatic amines is 1. The van der Waals surface area contributed by atoms with Gasteiger partial charge in [0.2, 0.25) is 0 Å². The van der Waals surface area contributed by atoms with E-state index in [2.05, 4.69) is 20.2 Å². The predicted octanol–water partition coefficient (Wildman–Crippen LogP) is 2.82. The smallest absolute Gasteiger partial charge is 0.289 e. The monoisotopic (exact) mass is 397 g/mol. The molecule has 144 valence electrons. The number of likely N-dealkylation sites (tertiary alicyclic amines) is 1. The van der Waals surface area contributed by atoms with E-state index in [9.17, 15) is 9.59 Å². The van der Waals surface area contributed by atoms with Gasteiger partial charge < -0.3 is 9.32 Å². The van der Waals surface area contributed by atoms with E-state index in [1.54, 1.807) is 41.4 Å². The summed E-state index contributed by atoms with van der Waals surface area (Å²) in [5.74, 6) is 1.09. The lowest BCUT2D eigenvalue weighted by Gasteiger charge is -2.31. The number of piperidine rings is 1. The molecule has 1 atom stereocenters. The van der Waals surface area contributed by atoms with Gasteiger partial charge in [0, 0.05) is 25.2 Å². The number of hydrogen-bond acceptors (Lipinski definition) is 7. The van der Waals surface area contributed by atoms with Crippen LogP contribution in [0, 0.1) is 5.92 Å². The van der Waals surface area contributed by atoms with Crippen LogP contribution in [0.15, 0.2) is 52.4 Å². The summed E-state index contributed by atoms with van der Waals surface area (Å²) >= 11 is 1.44. The van der Waals surface area contributed by atoms with Crippen LogP contribution >= 0.6 is 11.8 Å². The SMILES string of the molecule is O=C(c1ccccn1)C1CCCN(C(=O)c2ccc(CSc3ncn[nH]3)o2)C1. The van der Waals surface area contributed by atoms with Crippen molar-refractivity contribution in [3.05, 3.63) is 60.1 Å². The fourth-order valence-corrected chi connectivity index (χ4v) is 3.90. The van der Waals surface area contributed by atoms with Crippen molar-refractivity contribution in [2.45, 2.75) is 23.8 Å². The molecular weight excluding hydrogens is 378 g/mol. The average Bonchev–Trinajstić information content (AvgIpc) is 3.44. The zero-order chi connectivity index (χ0) is 19.3. The number of aromatic nitrogens is 4. The maximum absolute atomic E-state index is 12.8. The summed E-state index contributed by atoms with van der Waals surface area (Å²) in [6.07, 6.45) is 4.60. The number of hydrogen-bond donors (Lipinski definition) is 1. The third-order valence-electron chi connectivity index (χ3n) is 4.61. The van der Waals surface area contributed by atoms with Crippen LogP contribution in [-0.4, -0.2) is 49.8 Å².